The summed E-state index contributed by atoms with van der Waals surface area (Å²) >= 11 is 0. The third-order valence-corrected chi connectivity index (χ3v) is 3.45. The number of hydrogen-bond donors (Lipinski definition) is 2. The molecule has 0 fully saturated rings. The lowest BCUT2D eigenvalue weighted by Gasteiger charge is -2.22. The monoisotopic (exact) mass is 314 g/mol. The van der Waals surface area contributed by atoms with Crippen LogP contribution in [0, 0.1) is 11.6 Å². The van der Waals surface area contributed by atoms with Gasteiger partial charge in [0.2, 0.25) is 0 Å². The molecule has 0 aromatic heterocycles. The molecular formula is C16H24F2N2O2. The Bertz CT molecular complexity index is 495. The average Bonchev–Trinajstić information content (AvgIpc) is 2.45. The number of carbonyl (C=O) groups is 1. The van der Waals surface area contributed by atoms with E-state index in [0.29, 0.717) is 31.4 Å². The van der Waals surface area contributed by atoms with Gasteiger partial charge < -0.3 is 15.3 Å². The second-order valence-corrected chi connectivity index (χ2v) is 5.70. The first kappa shape index (κ1) is 18.4. The molecule has 124 valence electrons. The first-order chi connectivity index (χ1) is 10.3. The minimum Gasteiger partial charge on any atom is -0.393 e. The van der Waals surface area contributed by atoms with Gasteiger partial charge in [0, 0.05) is 19.6 Å². The summed E-state index contributed by atoms with van der Waals surface area (Å²) in [6.07, 6.45) is 1.26. The molecule has 1 aromatic carbocycles. The van der Waals surface area contributed by atoms with E-state index in [1.807, 2.05) is 6.92 Å². The Kier molecular flexibility index (Phi) is 7.24. The van der Waals surface area contributed by atoms with Crippen molar-refractivity contribution in [2.24, 2.45) is 0 Å². The fourth-order valence-electron chi connectivity index (χ4n) is 1.95. The van der Waals surface area contributed by atoms with Crippen molar-refractivity contribution in [1.82, 2.24) is 10.2 Å². The van der Waals surface area contributed by atoms with Gasteiger partial charge in [0.1, 0.15) is 0 Å². The van der Waals surface area contributed by atoms with E-state index in [1.54, 1.807) is 20.0 Å². The van der Waals surface area contributed by atoms with Crippen LogP contribution in [-0.2, 0) is 6.42 Å². The van der Waals surface area contributed by atoms with Crippen molar-refractivity contribution in [1.29, 1.82) is 0 Å². The van der Waals surface area contributed by atoms with E-state index in [9.17, 15) is 18.7 Å². The number of nitrogens with zero attached hydrogens (tertiary/aromatic N) is 1. The summed E-state index contributed by atoms with van der Waals surface area (Å²) in [7, 11) is 1.67. The molecule has 0 heterocycles. The molecule has 4 nitrogen and oxygen atoms in total. The Morgan fingerprint density at radius 2 is 1.95 bits per heavy atom. The smallest absolute Gasteiger partial charge is 0.317 e. The Labute approximate surface area is 130 Å². The zero-order chi connectivity index (χ0) is 16.7. The van der Waals surface area contributed by atoms with Crippen LogP contribution in [0.15, 0.2) is 18.2 Å². The highest BCUT2D eigenvalue weighted by Gasteiger charge is 2.13. The van der Waals surface area contributed by atoms with E-state index in [2.05, 4.69) is 5.32 Å². The van der Waals surface area contributed by atoms with E-state index in [0.717, 1.165) is 6.07 Å². The largest absolute Gasteiger partial charge is 0.393 e. The maximum Gasteiger partial charge on any atom is 0.317 e. The van der Waals surface area contributed by atoms with Crippen LogP contribution < -0.4 is 5.32 Å². The lowest BCUT2D eigenvalue weighted by molar-refractivity contribution is 0.162. The standard InChI is InChI=1S/C16H24F2N2O2/c1-11(19-16(22)20(3)9-8-12(2)21)4-5-13-6-7-14(17)15(18)10-13/h6-7,10-12,21H,4-5,8-9H2,1-3H3,(H,19,22). The fourth-order valence-corrected chi connectivity index (χ4v) is 1.95. The van der Waals surface area contributed by atoms with Crippen molar-refractivity contribution in [3.05, 3.63) is 35.4 Å². The van der Waals surface area contributed by atoms with Crippen LogP contribution in [0.5, 0.6) is 0 Å². The van der Waals surface area contributed by atoms with Gasteiger partial charge in [0.15, 0.2) is 11.6 Å². The summed E-state index contributed by atoms with van der Waals surface area (Å²) in [5, 5.41) is 12.0. The minimum absolute atomic E-state index is 0.0883. The van der Waals surface area contributed by atoms with E-state index in [1.165, 1.54) is 11.0 Å². The van der Waals surface area contributed by atoms with Crippen molar-refractivity contribution < 1.29 is 18.7 Å². The van der Waals surface area contributed by atoms with Crippen molar-refractivity contribution >= 4 is 6.03 Å². The summed E-state index contributed by atoms with van der Waals surface area (Å²) in [6, 6.07) is 3.53. The SMILES string of the molecule is CC(O)CCN(C)C(=O)NC(C)CCc1ccc(F)c(F)c1. The molecule has 0 saturated heterocycles. The van der Waals surface area contributed by atoms with Gasteiger partial charge in [-0.3, -0.25) is 0 Å². The van der Waals surface area contributed by atoms with Gasteiger partial charge in [0.25, 0.3) is 0 Å². The van der Waals surface area contributed by atoms with Gasteiger partial charge in [-0.2, -0.15) is 0 Å². The zero-order valence-electron chi connectivity index (χ0n) is 13.3. The third-order valence-electron chi connectivity index (χ3n) is 3.45. The number of urea groups is 1. The average molecular weight is 314 g/mol. The number of benzene rings is 1. The lowest BCUT2D eigenvalue weighted by Crippen LogP contribution is -2.42. The Morgan fingerprint density at radius 3 is 2.55 bits per heavy atom. The molecule has 2 N–H and O–H groups in total. The molecule has 2 atom stereocenters. The summed E-state index contributed by atoms with van der Waals surface area (Å²) in [6.45, 7) is 4.01. The van der Waals surface area contributed by atoms with Crippen molar-refractivity contribution in [2.45, 2.75) is 45.3 Å². The summed E-state index contributed by atoms with van der Waals surface area (Å²) in [5.74, 6) is -1.71. The molecular weight excluding hydrogens is 290 g/mol. The predicted molar refractivity (Wildman–Crippen MR) is 81.6 cm³/mol. The lowest BCUT2D eigenvalue weighted by atomic mass is 10.1. The van der Waals surface area contributed by atoms with Crippen molar-refractivity contribution in [3.8, 4) is 0 Å². The van der Waals surface area contributed by atoms with Gasteiger partial charge in [-0.15, -0.1) is 0 Å². The Balaban J connectivity index is 2.37. The molecule has 1 rings (SSSR count). The second kappa shape index (κ2) is 8.68. The zero-order valence-corrected chi connectivity index (χ0v) is 13.3. The number of aliphatic hydroxyl groups is 1. The van der Waals surface area contributed by atoms with Gasteiger partial charge in [-0.1, -0.05) is 6.07 Å². The van der Waals surface area contributed by atoms with Gasteiger partial charge in [-0.05, 0) is 50.8 Å². The van der Waals surface area contributed by atoms with E-state index in [4.69, 9.17) is 0 Å². The number of amides is 2. The number of aliphatic hydroxyl groups excluding tert-OH is 1. The summed E-state index contributed by atoms with van der Waals surface area (Å²) < 4.78 is 25.9. The van der Waals surface area contributed by atoms with E-state index >= 15 is 0 Å². The molecule has 22 heavy (non-hydrogen) atoms. The quantitative estimate of drug-likeness (QED) is 0.813. The van der Waals surface area contributed by atoms with Crippen LogP contribution in [0.25, 0.3) is 0 Å². The third kappa shape index (κ3) is 6.39. The number of hydrogen-bond acceptors (Lipinski definition) is 2. The molecule has 6 heteroatoms. The minimum atomic E-state index is -0.857. The molecule has 0 radical (unpaired) electrons. The van der Waals surface area contributed by atoms with Gasteiger partial charge >= 0.3 is 6.03 Å². The van der Waals surface area contributed by atoms with Crippen LogP contribution in [0.2, 0.25) is 0 Å². The molecule has 0 aliphatic carbocycles. The molecule has 2 unspecified atom stereocenters. The number of rotatable bonds is 7. The van der Waals surface area contributed by atoms with Crippen molar-refractivity contribution in [2.75, 3.05) is 13.6 Å². The molecule has 1 aromatic rings. The van der Waals surface area contributed by atoms with E-state index < -0.39 is 17.7 Å². The topological polar surface area (TPSA) is 52.6 Å². The maximum absolute atomic E-state index is 13.1. The highest BCUT2D eigenvalue weighted by molar-refractivity contribution is 5.74. The molecule has 0 aliphatic heterocycles. The van der Waals surface area contributed by atoms with Gasteiger partial charge in [0.05, 0.1) is 6.10 Å². The number of nitrogens with one attached hydrogen (secondary N) is 1. The van der Waals surface area contributed by atoms with Crippen LogP contribution in [-0.4, -0.2) is 41.8 Å². The van der Waals surface area contributed by atoms with E-state index in [-0.39, 0.29) is 12.1 Å². The molecule has 0 aliphatic rings. The number of halogens is 2. The highest BCUT2D eigenvalue weighted by Crippen LogP contribution is 2.11. The predicted octanol–water partition coefficient (Wildman–Crippen LogP) is 2.70. The fraction of sp³-hybridized carbons (Fsp3) is 0.562. The van der Waals surface area contributed by atoms with Crippen LogP contribution in [0.1, 0.15) is 32.3 Å². The van der Waals surface area contributed by atoms with Crippen LogP contribution in [0.3, 0.4) is 0 Å². The second-order valence-electron chi connectivity index (χ2n) is 5.70. The first-order valence-corrected chi connectivity index (χ1v) is 7.43. The first-order valence-electron chi connectivity index (χ1n) is 7.43. The number of aryl methyl sites for hydroxylation is 1. The van der Waals surface area contributed by atoms with Gasteiger partial charge in [-0.25, -0.2) is 13.6 Å². The van der Waals surface area contributed by atoms with Crippen LogP contribution >= 0.6 is 0 Å². The highest BCUT2D eigenvalue weighted by atomic mass is 19.2. The maximum atomic E-state index is 13.1. The molecule has 0 saturated carbocycles. The van der Waals surface area contributed by atoms with Crippen LogP contribution in [0.4, 0.5) is 13.6 Å². The van der Waals surface area contributed by atoms with Crippen molar-refractivity contribution in [3.63, 3.8) is 0 Å². The molecule has 2 amide bonds. The number of carbonyl (C=O) groups excluding carboxylic acids is 1. The summed E-state index contributed by atoms with van der Waals surface area (Å²) in [5.41, 5.74) is 0.697. The normalized spacial score (nSPS) is 13.5. The summed E-state index contributed by atoms with van der Waals surface area (Å²) in [4.78, 5) is 13.4. The molecule has 0 spiro atoms. The Morgan fingerprint density at radius 1 is 1.27 bits per heavy atom. The Hall–Kier alpha value is -1.69. The molecule has 0 bridgehead atoms.